The highest BCUT2D eigenvalue weighted by Gasteiger charge is 2.24. The Kier molecular flexibility index (Phi) is 7.82. The lowest BCUT2D eigenvalue weighted by molar-refractivity contribution is -0.114. The summed E-state index contributed by atoms with van der Waals surface area (Å²) in [5, 5.41) is 5.28. The summed E-state index contributed by atoms with van der Waals surface area (Å²) in [4.78, 5) is 23.8. The number of hydrogen-bond acceptors (Lipinski definition) is 7. The zero-order valence-electron chi connectivity index (χ0n) is 19.5. The van der Waals surface area contributed by atoms with Crippen LogP contribution in [0.25, 0.3) is 0 Å². The van der Waals surface area contributed by atoms with Crippen LogP contribution >= 0.6 is 0 Å². The number of nitrogens with one attached hydrogen (secondary N) is 3. The van der Waals surface area contributed by atoms with Crippen molar-refractivity contribution in [2.24, 2.45) is 0 Å². The molecule has 0 aliphatic heterocycles. The predicted octanol–water partition coefficient (Wildman–Crippen LogP) is 3.72. The average molecular weight is 500 g/mol. The summed E-state index contributed by atoms with van der Waals surface area (Å²) in [5.74, 6) is -0.324. The van der Waals surface area contributed by atoms with E-state index in [-0.39, 0.29) is 51.0 Å². The van der Waals surface area contributed by atoms with Gasteiger partial charge in [-0.2, -0.15) is 0 Å². The highest BCUT2D eigenvalue weighted by molar-refractivity contribution is 7.92. The molecule has 0 radical (unpaired) electrons. The van der Waals surface area contributed by atoms with Gasteiger partial charge >= 0.3 is 0 Å². The van der Waals surface area contributed by atoms with Crippen LogP contribution < -0.4 is 29.6 Å². The standard InChI is InChI=1S/C24H25N3O7S/c1-15(28)25-17-10-11-20(32-2)23(12-17)35(30,31)27-19-14-21(33-3)18(13-22(19)34-4)26-24(29)16-8-6-5-7-9-16/h5-14,27H,1-4H3,(H,25,28)(H,26,29). The molecule has 3 N–H and O–H groups in total. The summed E-state index contributed by atoms with van der Waals surface area (Å²) < 4.78 is 44.9. The van der Waals surface area contributed by atoms with Gasteiger partial charge in [-0.05, 0) is 30.3 Å². The van der Waals surface area contributed by atoms with E-state index in [1.807, 2.05) is 0 Å². The molecule has 0 saturated heterocycles. The molecule has 0 spiro atoms. The number of ether oxygens (including phenoxy) is 3. The second-order valence-corrected chi connectivity index (χ2v) is 8.88. The van der Waals surface area contributed by atoms with Crippen LogP contribution in [0, 0.1) is 0 Å². The third-order valence-corrected chi connectivity index (χ3v) is 6.21. The van der Waals surface area contributed by atoms with E-state index in [2.05, 4.69) is 15.4 Å². The Labute approximate surface area is 203 Å². The van der Waals surface area contributed by atoms with Crippen molar-refractivity contribution in [3.8, 4) is 17.2 Å². The molecule has 0 heterocycles. The molecule has 3 rings (SSSR count). The fourth-order valence-corrected chi connectivity index (χ4v) is 4.48. The summed E-state index contributed by atoms with van der Waals surface area (Å²) in [6.45, 7) is 1.31. The SMILES string of the molecule is COc1cc(NS(=O)(=O)c2cc(NC(C)=O)ccc2OC)c(OC)cc1NC(=O)c1ccccc1. The van der Waals surface area contributed by atoms with Gasteiger partial charge in [0, 0.05) is 30.3 Å². The van der Waals surface area contributed by atoms with Crippen molar-refractivity contribution in [2.75, 3.05) is 36.7 Å². The van der Waals surface area contributed by atoms with Crippen molar-refractivity contribution in [1.82, 2.24) is 0 Å². The molecule has 35 heavy (non-hydrogen) atoms. The summed E-state index contributed by atoms with van der Waals surface area (Å²) in [6, 6.07) is 15.6. The molecule has 0 aliphatic rings. The van der Waals surface area contributed by atoms with Crippen molar-refractivity contribution < 1.29 is 32.2 Å². The fraction of sp³-hybridized carbons (Fsp3) is 0.167. The van der Waals surface area contributed by atoms with Crippen LogP contribution in [0.4, 0.5) is 17.1 Å². The number of rotatable bonds is 9. The monoisotopic (exact) mass is 499 g/mol. The molecule has 0 fully saturated rings. The van der Waals surface area contributed by atoms with E-state index < -0.39 is 10.0 Å². The van der Waals surface area contributed by atoms with Gasteiger partial charge in [0.2, 0.25) is 5.91 Å². The number of amides is 2. The van der Waals surface area contributed by atoms with Gasteiger partial charge in [0.1, 0.15) is 22.1 Å². The maximum atomic E-state index is 13.3. The van der Waals surface area contributed by atoms with E-state index in [4.69, 9.17) is 14.2 Å². The molecular weight excluding hydrogens is 474 g/mol. The molecule has 3 aromatic carbocycles. The van der Waals surface area contributed by atoms with Crippen LogP contribution in [-0.4, -0.2) is 41.6 Å². The minimum atomic E-state index is -4.20. The number of sulfonamides is 1. The largest absolute Gasteiger partial charge is 0.495 e. The van der Waals surface area contributed by atoms with Crippen molar-refractivity contribution in [1.29, 1.82) is 0 Å². The second kappa shape index (κ2) is 10.8. The predicted molar refractivity (Wildman–Crippen MR) is 132 cm³/mol. The van der Waals surface area contributed by atoms with E-state index in [0.29, 0.717) is 5.56 Å². The van der Waals surface area contributed by atoms with E-state index in [9.17, 15) is 18.0 Å². The smallest absolute Gasteiger partial charge is 0.265 e. The van der Waals surface area contributed by atoms with Crippen LogP contribution in [0.1, 0.15) is 17.3 Å². The maximum absolute atomic E-state index is 13.3. The highest BCUT2D eigenvalue weighted by atomic mass is 32.2. The number of carbonyl (C=O) groups is 2. The molecule has 2 amide bonds. The van der Waals surface area contributed by atoms with E-state index in [1.165, 1.54) is 58.6 Å². The van der Waals surface area contributed by atoms with Crippen LogP contribution in [0.2, 0.25) is 0 Å². The van der Waals surface area contributed by atoms with Gasteiger partial charge in [0.25, 0.3) is 15.9 Å². The van der Waals surface area contributed by atoms with Crippen LogP contribution in [0.3, 0.4) is 0 Å². The van der Waals surface area contributed by atoms with Gasteiger partial charge in [-0.15, -0.1) is 0 Å². The molecule has 0 unspecified atom stereocenters. The Morgan fingerprint density at radius 3 is 1.94 bits per heavy atom. The zero-order valence-corrected chi connectivity index (χ0v) is 20.4. The third-order valence-electron chi connectivity index (χ3n) is 4.82. The van der Waals surface area contributed by atoms with E-state index in [0.717, 1.165) is 0 Å². The molecule has 184 valence electrons. The quantitative estimate of drug-likeness (QED) is 0.409. The van der Waals surface area contributed by atoms with Gasteiger partial charge in [0.05, 0.1) is 32.7 Å². The van der Waals surface area contributed by atoms with Crippen molar-refractivity contribution >= 4 is 38.9 Å². The van der Waals surface area contributed by atoms with Crippen molar-refractivity contribution in [3.05, 3.63) is 66.2 Å². The first kappa shape index (κ1) is 25.4. The first-order chi connectivity index (χ1) is 16.7. The topological polar surface area (TPSA) is 132 Å². The molecule has 0 atom stereocenters. The maximum Gasteiger partial charge on any atom is 0.265 e. The number of methoxy groups -OCH3 is 3. The van der Waals surface area contributed by atoms with Gasteiger partial charge in [-0.3, -0.25) is 14.3 Å². The normalized spacial score (nSPS) is 10.7. The molecule has 0 aliphatic carbocycles. The minimum absolute atomic E-state index is 0.0639. The molecule has 11 heteroatoms. The molecule has 10 nitrogen and oxygen atoms in total. The summed E-state index contributed by atoms with van der Waals surface area (Å²) in [6.07, 6.45) is 0. The van der Waals surface area contributed by atoms with E-state index in [1.54, 1.807) is 30.3 Å². The fourth-order valence-electron chi connectivity index (χ4n) is 3.23. The van der Waals surface area contributed by atoms with Gasteiger partial charge in [-0.1, -0.05) is 18.2 Å². The first-order valence-corrected chi connectivity index (χ1v) is 11.8. The molecule has 0 bridgehead atoms. The average Bonchev–Trinajstić information content (AvgIpc) is 2.84. The number of anilines is 3. The minimum Gasteiger partial charge on any atom is -0.495 e. The van der Waals surface area contributed by atoms with Gasteiger partial charge in [0.15, 0.2) is 0 Å². The van der Waals surface area contributed by atoms with E-state index >= 15 is 0 Å². The van der Waals surface area contributed by atoms with Crippen molar-refractivity contribution in [2.45, 2.75) is 11.8 Å². The third kappa shape index (κ3) is 6.01. The molecule has 0 aromatic heterocycles. The zero-order chi connectivity index (χ0) is 25.6. The Balaban J connectivity index is 1.98. The second-order valence-electron chi connectivity index (χ2n) is 7.23. The van der Waals surface area contributed by atoms with Crippen LogP contribution in [-0.2, 0) is 14.8 Å². The lowest BCUT2D eigenvalue weighted by Gasteiger charge is -2.18. The first-order valence-electron chi connectivity index (χ1n) is 10.3. The molecule has 3 aromatic rings. The summed E-state index contributed by atoms with van der Waals surface area (Å²) in [5.41, 5.74) is 1.06. The Morgan fingerprint density at radius 1 is 0.743 bits per heavy atom. The van der Waals surface area contributed by atoms with Gasteiger partial charge in [-0.25, -0.2) is 8.42 Å². The Hall–Kier alpha value is -4.25. The molecular formula is C24H25N3O7S. The lowest BCUT2D eigenvalue weighted by atomic mass is 10.2. The Bertz CT molecular complexity index is 1340. The van der Waals surface area contributed by atoms with Crippen LogP contribution in [0.5, 0.6) is 17.2 Å². The lowest BCUT2D eigenvalue weighted by Crippen LogP contribution is -2.17. The van der Waals surface area contributed by atoms with Crippen LogP contribution in [0.15, 0.2) is 65.6 Å². The highest BCUT2D eigenvalue weighted by Crippen LogP contribution is 2.38. The molecule has 0 saturated carbocycles. The van der Waals surface area contributed by atoms with Crippen molar-refractivity contribution in [3.63, 3.8) is 0 Å². The Morgan fingerprint density at radius 2 is 1.34 bits per heavy atom. The summed E-state index contributed by atoms with van der Waals surface area (Å²) >= 11 is 0. The van der Waals surface area contributed by atoms with Gasteiger partial charge < -0.3 is 24.8 Å². The summed E-state index contributed by atoms with van der Waals surface area (Å²) in [7, 11) is -0.118. The number of carbonyl (C=O) groups excluding carboxylic acids is 2. The number of benzene rings is 3. The number of hydrogen-bond donors (Lipinski definition) is 3.